The highest BCUT2D eigenvalue weighted by atomic mass is 32.2. The normalized spacial score (nSPS) is 16.9. The van der Waals surface area contributed by atoms with E-state index >= 15 is 0 Å². The Hall–Kier alpha value is -2.38. The maximum Gasteiger partial charge on any atom is 0.223 e. The van der Waals surface area contributed by atoms with Gasteiger partial charge in [0.15, 0.2) is 9.84 Å². The molecular weight excluding hydrogens is 400 g/mol. The van der Waals surface area contributed by atoms with Gasteiger partial charge in [0.2, 0.25) is 5.91 Å². The number of nitrogens with zero attached hydrogens (tertiary/aromatic N) is 2. The van der Waals surface area contributed by atoms with Crippen LogP contribution in [-0.2, 0) is 27.6 Å². The fourth-order valence-electron chi connectivity index (χ4n) is 4.00. The lowest BCUT2D eigenvalue weighted by atomic mass is 10.1. The van der Waals surface area contributed by atoms with Crippen molar-refractivity contribution < 1.29 is 17.9 Å². The number of carbonyl (C=O) groups is 1. The molecule has 2 aromatic carbocycles. The summed E-state index contributed by atoms with van der Waals surface area (Å²) in [4.78, 5) is 17.0. The van der Waals surface area contributed by atoms with E-state index in [2.05, 4.69) is 17.0 Å². The van der Waals surface area contributed by atoms with Gasteiger partial charge in [-0.1, -0.05) is 29.8 Å². The molecule has 0 aliphatic carbocycles. The molecule has 1 amide bonds. The van der Waals surface area contributed by atoms with Crippen LogP contribution in [0.25, 0.3) is 0 Å². The molecule has 7 heteroatoms. The van der Waals surface area contributed by atoms with E-state index in [1.54, 1.807) is 29.2 Å². The van der Waals surface area contributed by atoms with Gasteiger partial charge in [-0.05, 0) is 36.2 Å². The average Bonchev–Trinajstić information content (AvgIpc) is 3.21. The number of ether oxygens (including phenoxy) is 1. The van der Waals surface area contributed by atoms with Crippen molar-refractivity contribution in [1.82, 2.24) is 9.80 Å². The van der Waals surface area contributed by atoms with Gasteiger partial charge >= 0.3 is 0 Å². The molecule has 1 saturated heterocycles. The monoisotopic (exact) mass is 428 g/mol. The third-order valence-electron chi connectivity index (χ3n) is 5.85. The summed E-state index contributed by atoms with van der Waals surface area (Å²) in [5, 5.41) is 0. The Morgan fingerprint density at radius 2 is 1.77 bits per heavy atom. The van der Waals surface area contributed by atoms with Crippen molar-refractivity contribution in [3.8, 4) is 5.75 Å². The quantitative estimate of drug-likeness (QED) is 0.707. The lowest BCUT2D eigenvalue weighted by molar-refractivity contribution is -0.132. The van der Waals surface area contributed by atoms with E-state index in [9.17, 15) is 13.2 Å². The Bertz CT molecular complexity index is 1010. The van der Waals surface area contributed by atoms with Gasteiger partial charge in [-0.3, -0.25) is 9.69 Å². The van der Waals surface area contributed by atoms with Crippen LogP contribution in [0.3, 0.4) is 0 Å². The van der Waals surface area contributed by atoms with Gasteiger partial charge in [0.1, 0.15) is 5.75 Å². The molecule has 0 unspecified atom stereocenters. The number of hydrogen-bond acceptors (Lipinski definition) is 5. The van der Waals surface area contributed by atoms with Crippen molar-refractivity contribution >= 4 is 15.7 Å². The molecule has 0 bridgehead atoms. The van der Waals surface area contributed by atoms with E-state index in [1.165, 1.54) is 11.1 Å². The van der Waals surface area contributed by atoms with E-state index in [1.807, 2.05) is 13.0 Å². The van der Waals surface area contributed by atoms with Crippen LogP contribution in [0, 0.1) is 6.92 Å². The van der Waals surface area contributed by atoms with Gasteiger partial charge in [-0.2, -0.15) is 0 Å². The smallest absolute Gasteiger partial charge is 0.223 e. The van der Waals surface area contributed by atoms with E-state index in [0.717, 1.165) is 44.0 Å². The molecule has 2 aliphatic rings. The molecule has 2 heterocycles. The summed E-state index contributed by atoms with van der Waals surface area (Å²) in [6, 6.07) is 13.2. The molecule has 1 fully saturated rings. The topological polar surface area (TPSA) is 66.9 Å². The molecule has 0 spiro atoms. The molecule has 2 aromatic rings. The van der Waals surface area contributed by atoms with E-state index < -0.39 is 9.84 Å². The molecule has 30 heavy (non-hydrogen) atoms. The maximum absolute atomic E-state index is 12.6. The second kappa shape index (κ2) is 8.78. The van der Waals surface area contributed by atoms with Crippen molar-refractivity contribution in [3.05, 3.63) is 59.2 Å². The second-order valence-electron chi connectivity index (χ2n) is 8.08. The molecule has 6 nitrogen and oxygen atoms in total. The summed E-state index contributed by atoms with van der Waals surface area (Å²) in [5.41, 5.74) is 3.55. The van der Waals surface area contributed by atoms with Crippen LogP contribution in [0.15, 0.2) is 47.4 Å². The fourth-order valence-corrected chi connectivity index (χ4v) is 5.22. The highest BCUT2D eigenvalue weighted by Crippen LogP contribution is 2.26. The summed E-state index contributed by atoms with van der Waals surface area (Å²) < 4.78 is 30.5. The van der Waals surface area contributed by atoms with Crippen LogP contribution in [-0.4, -0.2) is 62.7 Å². The average molecular weight is 429 g/mol. The number of carbonyl (C=O) groups excluding carboxylic acids is 1. The third kappa shape index (κ3) is 4.84. The van der Waals surface area contributed by atoms with Gasteiger partial charge in [-0.15, -0.1) is 0 Å². The first-order valence-electron chi connectivity index (χ1n) is 10.4. The highest BCUT2D eigenvalue weighted by Gasteiger charge is 2.24. The number of fused-ring (bicyclic) bond motifs is 1. The van der Waals surface area contributed by atoms with Crippen LogP contribution in [0.1, 0.15) is 23.1 Å². The minimum atomic E-state index is -3.44. The Kier molecular flexibility index (Phi) is 6.11. The van der Waals surface area contributed by atoms with E-state index in [4.69, 9.17) is 4.74 Å². The molecule has 0 N–H and O–H groups in total. The first-order chi connectivity index (χ1) is 14.4. The van der Waals surface area contributed by atoms with Gasteiger partial charge < -0.3 is 9.64 Å². The number of sulfone groups is 1. The number of hydrogen-bond donors (Lipinski definition) is 0. The molecule has 0 aromatic heterocycles. The lowest BCUT2D eigenvalue weighted by Gasteiger charge is -2.34. The van der Waals surface area contributed by atoms with Crippen LogP contribution in [0.5, 0.6) is 5.75 Å². The summed E-state index contributed by atoms with van der Waals surface area (Å²) >= 11 is 0. The predicted molar refractivity (Wildman–Crippen MR) is 115 cm³/mol. The first kappa shape index (κ1) is 20.9. The molecule has 0 radical (unpaired) electrons. The largest absolute Gasteiger partial charge is 0.493 e. The lowest BCUT2D eigenvalue weighted by Crippen LogP contribution is -2.48. The number of benzene rings is 2. The Morgan fingerprint density at radius 1 is 1.03 bits per heavy atom. The second-order valence-corrected chi connectivity index (χ2v) is 10.2. The predicted octanol–water partition coefficient (Wildman–Crippen LogP) is 2.44. The Balaban J connectivity index is 1.25. The zero-order valence-electron chi connectivity index (χ0n) is 17.3. The van der Waals surface area contributed by atoms with E-state index in [-0.39, 0.29) is 23.0 Å². The molecule has 160 valence electrons. The standard InChI is InChI=1S/C23H28N2O4S/c1-18-2-5-21(6-3-18)30(27,28)15-9-23(26)25-12-10-24(11-13-25)17-19-4-7-22-20(16-19)8-14-29-22/h2-7,16H,8-15,17H2,1H3. The minimum Gasteiger partial charge on any atom is -0.493 e. The zero-order valence-corrected chi connectivity index (χ0v) is 18.2. The zero-order chi connectivity index (χ0) is 21.1. The maximum atomic E-state index is 12.6. The fraction of sp³-hybridized carbons (Fsp3) is 0.435. The highest BCUT2D eigenvalue weighted by molar-refractivity contribution is 7.91. The third-order valence-corrected chi connectivity index (χ3v) is 7.58. The SMILES string of the molecule is Cc1ccc(S(=O)(=O)CCC(=O)N2CCN(Cc3ccc4c(c3)CCO4)CC2)cc1. The van der Waals surface area contributed by atoms with Gasteiger partial charge in [0.25, 0.3) is 0 Å². The molecule has 2 aliphatic heterocycles. The van der Waals surface area contributed by atoms with Crippen molar-refractivity contribution in [2.45, 2.75) is 31.2 Å². The number of amides is 1. The summed E-state index contributed by atoms with van der Waals surface area (Å²) in [6.45, 7) is 6.40. The summed E-state index contributed by atoms with van der Waals surface area (Å²) in [5.74, 6) is 0.765. The first-order valence-corrected chi connectivity index (χ1v) is 12.1. The van der Waals surface area contributed by atoms with E-state index in [0.29, 0.717) is 13.1 Å². The molecule has 4 rings (SSSR count). The molecule has 0 saturated carbocycles. The van der Waals surface area contributed by atoms with Crippen molar-refractivity contribution in [1.29, 1.82) is 0 Å². The van der Waals surface area contributed by atoms with Crippen LogP contribution >= 0.6 is 0 Å². The summed E-state index contributed by atoms with van der Waals surface area (Å²) in [7, 11) is -3.44. The number of piperazine rings is 1. The number of rotatable bonds is 6. The minimum absolute atomic E-state index is 0.0288. The van der Waals surface area contributed by atoms with Gasteiger partial charge in [-0.25, -0.2) is 8.42 Å². The number of aryl methyl sites for hydroxylation is 1. The van der Waals surface area contributed by atoms with Gasteiger partial charge in [0, 0.05) is 45.6 Å². The molecular formula is C23H28N2O4S. The molecule has 0 atom stereocenters. The van der Waals surface area contributed by atoms with Gasteiger partial charge in [0.05, 0.1) is 17.3 Å². The van der Waals surface area contributed by atoms with Crippen molar-refractivity contribution in [2.75, 3.05) is 38.5 Å². The van der Waals surface area contributed by atoms with Crippen molar-refractivity contribution in [2.24, 2.45) is 0 Å². The van der Waals surface area contributed by atoms with Crippen LogP contribution in [0.4, 0.5) is 0 Å². The Labute approximate surface area is 178 Å². The Morgan fingerprint density at radius 3 is 2.50 bits per heavy atom. The van der Waals surface area contributed by atoms with Crippen LogP contribution in [0.2, 0.25) is 0 Å². The van der Waals surface area contributed by atoms with Crippen LogP contribution < -0.4 is 4.74 Å². The summed E-state index contributed by atoms with van der Waals surface area (Å²) in [6.07, 6.45) is 0.998. The van der Waals surface area contributed by atoms with Crippen molar-refractivity contribution in [3.63, 3.8) is 0 Å².